The SMILES string of the molecule is COc1ccc(CCNC(=O)COC(=O)Cc2ccccc2Cl)cc1. The van der Waals surface area contributed by atoms with Gasteiger partial charge in [0.1, 0.15) is 5.75 Å². The zero-order valence-electron chi connectivity index (χ0n) is 14.0. The Bertz CT molecular complexity index is 716. The van der Waals surface area contributed by atoms with E-state index in [9.17, 15) is 9.59 Å². The standard InChI is InChI=1S/C19H20ClNO4/c1-24-16-8-6-14(7-9-16)10-11-21-18(22)13-25-19(23)12-15-4-2-3-5-17(15)20/h2-9H,10-13H2,1H3,(H,21,22). The average molecular weight is 362 g/mol. The number of hydrogen-bond acceptors (Lipinski definition) is 4. The lowest BCUT2D eigenvalue weighted by Gasteiger charge is -2.08. The fourth-order valence-electron chi connectivity index (χ4n) is 2.18. The molecule has 6 heteroatoms. The Morgan fingerprint density at radius 3 is 2.48 bits per heavy atom. The Labute approximate surface area is 151 Å². The van der Waals surface area contributed by atoms with Crippen molar-refractivity contribution in [2.75, 3.05) is 20.3 Å². The highest BCUT2D eigenvalue weighted by Gasteiger charge is 2.10. The third-order valence-electron chi connectivity index (χ3n) is 3.55. The molecular weight excluding hydrogens is 342 g/mol. The minimum atomic E-state index is -0.488. The number of rotatable bonds is 8. The summed E-state index contributed by atoms with van der Waals surface area (Å²) in [5.74, 6) is -0.0300. The summed E-state index contributed by atoms with van der Waals surface area (Å²) in [7, 11) is 1.61. The molecule has 0 aromatic heterocycles. The van der Waals surface area contributed by atoms with Crippen molar-refractivity contribution in [2.24, 2.45) is 0 Å². The Hall–Kier alpha value is -2.53. The second kappa shape index (κ2) is 9.69. The molecule has 25 heavy (non-hydrogen) atoms. The van der Waals surface area contributed by atoms with Crippen LogP contribution in [0.1, 0.15) is 11.1 Å². The van der Waals surface area contributed by atoms with E-state index in [-0.39, 0.29) is 18.9 Å². The van der Waals surface area contributed by atoms with E-state index in [4.69, 9.17) is 21.1 Å². The maximum absolute atomic E-state index is 11.8. The Morgan fingerprint density at radius 2 is 1.80 bits per heavy atom. The predicted octanol–water partition coefficient (Wildman–Crippen LogP) is 2.79. The highest BCUT2D eigenvalue weighted by atomic mass is 35.5. The monoisotopic (exact) mass is 361 g/mol. The van der Waals surface area contributed by atoms with Crippen LogP contribution >= 0.6 is 11.6 Å². The van der Waals surface area contributed by atoms with Gasteiger partial charge in [0.05, 0.1) is 13.5 Å². The van der Waals surface area contributed by atoms with Crippen molar-refractivity contribution in [1.29, 1.82) is 0 Å². The molecule has 2 aromatic rings. The maximum atomic E-state index is 11.8. The van der Waals surface area contributed by atoms with Crippen molar-refractivity contribution in [1.82, 2.24) is 5.32 Å². The van der Waals surface area contributed by atoms with Gasteiger partial charge in [-0.3, -0.25) is 9.59 Å². The van der Waals surface area contributed by atoms with Crippen LogP contribution in [0.5, 0.6) is 5.75 Å². The summed E-state index contributed by atoms with van der Waals surface area (Å²) in [6, 6.07) is 14.6. The zero-order chi connectivity index (χ0) is 18.1. The number of methoxy groups -OCH3 is 1. The summed E-state index contributed by atoms with van der Waals surface area (Å²) in [5.41, 5.74) is 1.76. The number of benzene rings is 2. The molecule has 0 unspecified atom stereocenters. The Morgan fingerprint density at radius 1 is 1.08 bits per heavy atom. The second-order valence-electron chi connectivity index (χ2n) is 5.38. The molecule has 0 spiro atoms. The summed E-state index contributed by atoms with van der Waals surface area (Å²) in [6.07, 6.45) is 0.724. The topological polar surface area (TPSA) is 64.6 Å². The number of nitrogens with one attached hydrogen (secondary N) is 1. The van der Waals surface area contributed by atoms with Gasteiger partial charge in [0, 0.05) is 11.6 Å². The fourth-order valence-corrected chi connectivity index (χ4v) is 2.39. The molecule has 2 rings (SSSR count). The highest BCUT2D eigenvalue weighted by Crippen LogP contribution is 2.15. The number of halogens is 1. The van der Waals surface area contributed by atoms with Gasteiger partial charge in [-0.15, -0.1) is 0 Å². The molecule has 0 saturated carbocycles. The molecule has 0 aliphatic carbocycles. The van der Waals surface area contributed by atoms with Crippen LogP contribution in [0.25, 0.3) is 0 Å². The molecule has 0 bridgehead atoms. The minimum absolute atomic E-state index is 0.0405. The number of esters is 1. The number of ether oxygens (including phenoxy) is 2. The van der Waals surface area contributed by atoms with Gasteiger partial charge in [-0.2, -0.15) is 0 Å². The van der Waals surface area contributed by atoms with Crippen molar-refractivity contribution in [3.63, 3.8) is 0 Å². The third-order valence-corrected chi connectivity index (χ3v) is 3.92. The van der Waals surface area contributed by atoms with Crippen molar-refractivity contribution < 1.29 is 19.1 Å². The highest BCUT2D eigenvalue weighted by molar-refractivity contribution is 6.31. The largest absolute Gasteiger partial charge is 0.497 e. The molecule has 0 aliphatic heterocycles. The average Bonchev–Trinajstić information content (AvgIpc) is 2.62. The van der Waals surface area contributed by atoms with Gasteiger partial charge in [-0.1, -0.05) is 41.9 Å². The summed E-state index contributed by atoms with van der Waals surface area (Å²) < 4.78 is 10.1. The molecule has 132 valence electrons. The van der Waals surface area contributed by atoms with Crippen LogP contribution < -0.4 is 10.1 Å². The fraction of sp³-hybridized carbons (Fsp3) is 0.263. The molecule has 0 atom stereocenters. The summed E-state index contributed by atoms with van der Waals surface area (Å²) in [6.45, 7) is 0.166. The van der Waals surface area contributed by atoms with Crippen LogP contribution in [-0.2, 0) is 27.2 Å². The van der Waals surface area contributed by atoms with Gasteiger partial charge in [0.15, 0.2) is 6.61 Å². The quantitative estimate of drug-likeness (QED) is 0.734. The number of carbonyl (C=O) groups is 2. The molecule has 1 amide bonds. The summed E-state index contributed by atoms with van der Waals surface area (Å²) >= 11 is 5.98. The third kappa shape index (κ3) is 6.47. The van der Waals surface area contributed by atoms with Gasteiger partial charge in [-0.25, -0.2) is 0 Å². The molecule has 0 saturated heterocycles. The van der Waals surface area contributed by atoms with E-state index in [1.165, 1.54) is 0 Å². The van der Waals surface area contributed by atoms with Gasteiger partial charge in [0.2, 0.25) is 0 Å². The number of amides is 1. The lowest BCUT2D eigenvalue weighted by molar-refractivity contribution is -0.147. The predicted molar refractivity (Wildman–Crippen MR) is 95.8 cm³/mol. The first-order valence-corrected chi connectivity index (χ1v) is 8.25. The molecule has 0 radical (unpaired) electrons. The second-order valence-corrected chi connectivity index (χ2v) is 5.78. The van der Waals surface area contributed by atoms with E-state index in [2.05, 4.69) is 5.32 Å². The van der Waals surface area contributed by atoms with Crippen molar-refractivity contribution >= 4 is 23.5 Å². The molecule has 5 nitrogen and oxygen atoms in total. The summed E-state index contributed by atoms with van der Waals surface area (Å²) in [5, 5.41) is 3.22. The lowest BCUT2D eigenvalue weighted by Crippen LogP contribution is -2.30. The van der Waals surface area contributed by atoms with Crippen LogP contribution in [0.2, 0.25) is 5.02 Å². The van der Waals surface area contributed by atoms with Crippen LogP contribution in [0, 0.1) is 0 Å². The lowest BCUT2D eigenvalue weighted by atomic mass is 10.1. The number of hydrogen-bond donors (Lipinski definition) is 1. The van der Waals surface area contributed by atoms with E-state index in [0.29, 0.717) is 23.6 Å². The van der Waals surface area contributed by atoms with Crippen molar-refractivity contribution in [2.45, 2.75) is 12.8 Å². The maximum Gasteiger partial charge on any atom is 0.310 e. The van der Waals surface area contributed by atoms with Gasteiger partial charge in [-0.05, 0) is 35.7 Å². The first-order chi connectivity index (χ1) is 12.1. The van der Waals surface area contributed by atoms with Crippen molar-refractivity contribution in [3.8, 4) is 5.75 Å². The van der Waals surface area contributed by atoms with E-state index in [0.717, 1.165) is 11.3 Å². The van der Waals surface area contributed by atoms with E-state index in [1.807, 2.05) is 24.3 Å². The molecule has 1 N–H and O–H groups in total. The van der Waals surface area contributed by atoms with Crippen molar-refractivity contribution in [3.05, 3.63) is 64.7 Å². The normalized spacial score (nSPS) is 10.2. The molecule has 2 aromatic carbocycles. The molecular formula is C19H20ClNO4. The number of carbonyl (C=O) groups excluding carboxylic acids is 2. The Kier molecular flexibility index (Phi) is 7.29. The summed E-state index contributed by atoms with van der Waals surface area (Å²) in [4.78, 5) is 23.5. The van der Waals surface area contributed by atoms with Crippen LogP contribution in [0.4, 0.5) is 0 Å². The van der Waals surface area contributed by atoms with Crippen LogP contribution in [-0.4, -0.2) is 32.1 Å². The smallest absolute Gasteiger partial charge is 0.310 e. The zero-order valence-corrected chi connectivity index (χ0v) is 14.7. The molecule has 0 heterocycles. The van der Waals surface area contributed by atoms with Crippen LogP contribution in [0.3, 0.4) is 0 Å². The van der Waals surface area contributed by atoms with E-state index in [1.54, 1.807) is 31.4 Å². The first kappa shape index (κ1) is 18.8. The van der Waals surface area contributed by atoms with Gasteiger partial charge in [0.25, 0.3) is 5.91 Å². The van der Waals surface area contributed by atoms with Crippen LogP contribution in [0.15, 0.2) is 48.5 Å². The van der Waals surface area contributed by atoms with E-state index < -0.39 is 5.97 Å². The molecule has 0 fully saturated rings. The minimum Gasteiger partial charge on any atom is -0.497 e. The van der Waals surface area contributed by atoms with E-state index >= 15 is 0 Å². The van der Waals surface area contributed by atoms with Gasteiger partial charge < -0.3 is 14.8 Å². The van der Waals surface area contributed by atoms with Gasteiger partial charge >= 0.3 is 5.97 Å². The Balaban J connectivity index is 1.66. The molecule has 0 aliphatic rings. The first-order valence-electron chi connectivity index (χ1n) is 7.87.